The lowest BCUT2D eigenvalue weighted by Gasteiger charge is -2.29. The van der Waals surface area contributed by atoms with Crippen molar-refractivity contribution >= 4 is 17.3 Å². The zero-order chi connectivity index (χ0) is 14.7. The van der Waals surface area contributed by atoms with Crippen LogP contribution in [0.1, 0.15) is 12.0 Å². The number of hydrogen-bond donors (Lipinski definition) is 1. The van der Waals surface area contributed by atoms with Gasteiger partial charge in [-0.3, -0.25) is 4.79 Å². The number of nitrogens with zero attached hydrogens (tertiary/aromatic N) is 1. The highest BCUT2D eigenvalue weighted by atomic mass is 16.5. The molecular formula is C17H18N2O2. The molecule has 4 nitrogen and oxygen atoms in total. The molecule has 2 N–H and O–H groups in total. The predicted molar refractivity (Wildman–Crippen MR) is 83.5 cm³/mol. The van der Waals surface area contributed by atoms with E-state index in [1.807, 2.05) is 48.5 Å². The van der Waals surface area contributed by atoms with Crippen LogP contribution in [0.2, 0.25) is 0 Å². The fourth-order valence-corrected chi connectivity index (χ4v) is 2.60. The summed E-state index contributed by atoms with van der Waals surface area (Å²) in [5.74, 6) is 0.962. The highest BCUT2D eigenvalue weighted by Gasteiger charge is 2.23. The van der Waals surface area contributed by atoms with Gasteiger partial charge in [-0.2, -0.15) is 0 Å². The Labute approximate surface area is 124 Å². The Hall–Kier alpha value is -2.49. The van der Waals surface area contributed by atoms with Crippen molar-refractivity contribution in [1.82, 2.24) is 0 Å². The van der Waals surface area contributed by atoms with E-state index >= 15 is 0 Å². The van der Waals surface area contributed by atoms with Crippen molar-refractivity contribution in [2.45, 2.75) is 12.8 Å². The Bertz CT molecular complexity index is 640. The summed E-state index contributed by atoms with van der Waals surface area (Å²) in [6.45, 7) is 1.02. The lowest BCUT2D eigenvalue weighted by Crippen LogP contribution is -2.38. The molecule has 2 aromatic carbocycles. The molecule has 0 aliphatic carbocycles. The standard InChI is InChI=1S/C17H18N2O2/c18-14-7-8-16-13(12-14)6-9-17(20)19(16)10-11-21-15-4-2-1-3-5-15/h1-5,7-8,12H,6,9-11,18H2. The molecule has 108 valence electrons. The molecule has 1 aliphatic rings. The van der Waals surface area contributed by atoms with Crippen LogP contribution in [-0.4, -0.2) is 19.1 Å². The summed E-state index contributed by atoms with van der Waals surface area (Å²) in [7, 11) is 0. The highest BCUT2D eigenvalue weighted by Crippen LogP contribution is 2.29. The van der Waals surface area contributed by atoms with E-state index in [-0.39, 0.29) is 5.91 Å². The van der Waals surface area contributed by atoms with Crippen molar-refractivity contribution in [3.05, 3.63) is 54.1 Å². The molecule has 4 heteroatoms. The van der Waals surface area contributed by atoms with Gasteiger partial charge in [0.2, 0.25) is 5.91 Å². The minimum atomic E-state index is 0.143. The first-order chi connectivity index (χ1) is 10.2. The van der Waals surface area contributed by atoms with E-state index in [0.29, 0.717) is 19.6 Å². The molecule has 0 saturated heterocycles. The molecule has 0 radical (unpaired) electrons. The number of amides is 1. The van der Waals surface area contributed by atoms with Gasteiger partial charge >= 0.3 is 0 Å². The molecule has 0 spiro atoms. The van der Waals surface area contributed by atoms with Crippen LogP contribution in [0.5, 0.6) is 5.75 Å². The number of fused-ring (bicyclic) bond motifs is 1. The number of ether oxygens (including phenoxy) is 1. The van der Waals surface area contributed by atoms with Crippen molar-refractivity contribution in [2.75, 3.05) is 23.8 Å². The lowest BCUT2D eigenvalue weighted by molar-refractivity contribution is -0.119. The van der Waals surface area contributed by atoms with Crippen LogP contribution >= 0.6 is 0 Å². The zero-order valence-electron chi connectivity index (χ0n) is 11.8. The molecule has 21 heavy (non-hydrogen) atoms. The number of benzene rings is 2. The van der Waals surface area contributed by atoms with Gasteiger partial charge in [-0.1, -0.05) is 18.2 Å². The second-order valence-electron chi connectivity index (χ2n) is 5.10. The van der Waals surface area contributed by atoms with Crippen LogP contribution in [0.15, 0.2) is 48.5 Å². The van der Waals surface area contributed by atoms with Gasteiger partial charge in [0.05, 0.1) is 6.54 Å². The molecule has 1 amide bonds. The normalized spacial score (nSPS) is 13.9. The van der Waals surface area contributed by atoms with E-state index in [0.717, 1.165) is 29.1 Å². The first kappa shape index (κ1) is 13.5. The van der Waals surface area contributed by atoms with Gasteiger partial charge in [-0.05, 0) is 42.3 Å². The lowest BCUT2D eigenvalue weighted by atomic mass is 10.0. The smallest absolute Gasteiger partial charge is 0.227 e. The topological polar surface area (TPSA) is 55.6 Å². The Morgan fingerprint density at radius 1 is 1.10 bits per heavy atom. The second-order valence-corrected chi connectivity index (χ2v) is 5.10. The fourth-order valence-electron chi connectivity index (χ4n) is 2.60. The fraction of sp³-hybridized carbons (Fsp3) is 0.235. The monoisotopic (exact) mass is 282 g/mol. The van der Waals surface area contributed by atoms with E-state index in [9.17, 15) is 4.79 Å². The Balaban J connectivity index is 1.69. The third kappa shape index (κ3) is 2.99. The maximum Gasteiger partial charge on any atom is 0.227 e. The first-order valence-corrected chi connectivity index (χ1v) is 7.10. The molecule has 2 aromatic rings. The quantitative estimate of drug-likeness (QED) is 0.877. The SMILES string of the molecule is Nc1ccc2c(c1)CCC(=O)N2CCOc1ccccc1. The average Bonchev–Trinajstić information content (AvgIpc) is 2.50. The average molecular weight is 282 g/mol. The largest absolute Gasteiger partial charge is 0.492 e. The van der Waals surface area contributed by atoms with Crippen molar-refractivity contribution in [2.24, 2.45) is 0 Å². The van der Waals surface area contributed by atoms with E-state index < -0.39 is 0 Å². The van der Waals surface area contributed by atoms with Crippen LogP contribution < -0.4 is 15.4 Å². The van der Waals surface area contributed by atoms with Crippen molar-refractivity contribution in [1.29, 1.82) is 0 Å². The van der Waals surface area contributed by atoms with Crippen molar-refractivity contribution < 1.29 is 9.53 Å². The molecule has 0 aromatic heterocycles. The maximum absolute atomic E-state index is 12.1. The molecule has 1 heterocycles. The summed E-state index contributed by atoms with van der Waals surface area (Å²) in [5.41, 5.74) is 8.64. The third-order valence-corrected chi connectivity index (χ3v) is 3.63. The number of rotatable bonds is 4. The molecule has 0 saturated carbocycles. The van der Waals surface area contributed by atoms with Crippen LogP contribution in [0.4, 0.5) is 11.4 Å². The van der Waals surface area contributed by atoms with Crippen LogP contribution in [0, 0.1) is 0 Å². The number of nitrogens with two attached hydrogens (primary N) is 1. The molecule has 3 rings (SSSR count). The minimum Gasteiger partial charge on any atom is -0.492 e. The van der Waals surface area contributed by atoms with E-state index in [2.05, 4.69) is 0 Å². The number of carbonyl (C=O) groups is 1. The Morgan fingerprint density at radius 2 is 1.90 bits per heavy atom. The van der Waals surface area contributed by atoms with Gasteiger partial charge in [0.1, 0.15) is 12.4 Å². The Kier molecular flexibility index (Phi) is 3.77. The summed E-state index contributed by atoms with van der Waals surface area (Å²) >= 11 is 0. The third-order valence-electron chi connectivity index (χ3n) is 3.63. The minimum absolute atomic E-state index is 0.143. The van der Waals surface area contributed by atoms with Gasteiger partial charge in [-0.25, -0.2) is 0 Å². The van der Waals surface area contributed by atoms with Gasteiger partial charge < -0.3 is 15.4 Å². The molecular weight excluding hydrogens is 264 g/mol. The molecule has 0 atom stereocenters. The van der Waals surface area contributed by atoms with Gasteiger partial charge in [0.25, 0.3) is 0 Å². The van der Waals surface area contributed by atoms with Crippen LogP contribution in [0.25, 0.3) is 0 Å². The summed E-state index contributed by atoms with van der Waals surface area (Å²) < 4.78 is 5.68. The highest BCUT2D eigenvalue weighted by molar-refractivity contribution is 5.96. The van der Waals surface area contributed by atoms with E-state index in [1.54, 1.807) is 4.90 Å². The van der Waals surface area contributed by atoms with Gasteiger partial charge in [0, 0.05) is 17.8 Å². The predicted octanol–water partition coefficient (Wildman–Crippen LogP) is 2.63. The number of aryl methyl sites for hydroxylation is 1. The summed E-state index contributed by atoms with van der Waals surface area (Å²) in [5, 5.41) is 0. The van der Waals surface area contributed by atoms with E-state index in [1.165, 1.54) is 0 Å². The second kappa shape index (κ2) is 5.87. The number of para-hydroxylation sites is 1. The Morgan fingerprint density at radius 3 is 2.71 bits per heavy atom. The van der Waals surface area contributed by atoms with Crippen LogP contribution in [-0.2, 0) is 11.2 Å². The van der Waals surface area contributed by atoms with Gasteiger partial charge in [0.15, 0.2) is 0 Å². The number of carbonyl (C=O) groups excluding carboxylic acids is 1. The van der Waals surface area contributed by atoms with Crippen molar-refractivity contribution in [3.8, 4) is 5.75 Å². The van der Waals surface area contributed by atoms with Gasteiger partial charge in [-0.15, -0.1) is 0 Å². The van der Waals surface area contributed by atoms with E-state index in [4.69, 9.17) is 10.5 Å². The summed E-state index contributed by atoms with van der Waals surface area (Å²) in [6, 6.07) is 15.3. The zero-order valence-corrected chi connectivity index (χ0v) is 11.8. The summed E-state index contributed by atoms with van der Waals surface area (Å²) in [6.07, 6.45) is 1.29. The molecule has 0 bridgehead atoms. The number of nitrogen functional groups attached to an aromatic ring is 1. The maximum atomic E-state index is 12.1. The number of hydrogen-bond acceptors (Lipinski definition) is 3. The molecule has 0 fully saturated rings. The van der Waals surface area contributed by atoms with Crippen LogP contribution in [0.3, 0.4) is 0 Å². The summed E-state index contributed by atoms with van der Waals surface area (Å²) in [4.78, 5) is 13.9. The molecule has 0 unspecified atom stereocenters. The number of anilines is 2. The van der Waals surface area contributed by atoms with Crippen molar-refractivity contribution in [3.63, 3.8) is 0 Å². The molecule has 1 aliphatic heterocycles. The first-order valence-electron chi connectivity index (χ1n) is 7.10.